The Morgan fingerprint density at radius 3 is 1.70 bits per heavy atom. The van der Waals surface area contributed by atoms with E-state index in [1.54, 1.807) is 0 Å². The molecule has 0 saturated carbocycles. The van der Waals surface area contributed by atoms with E-state index in [1.807, 2.05) is 0 Å². The van der Waals surface area contributed by atoms with Gasteiger partial charge in [0, 0.05) is 6.92 Å². The Kier molecular flexibility index (Phi) is 20.8. The van der Waals surface area contributed by atoms with Gasteiger partial charge >= 0.3 is 37.7 Å². The minimum atomic E-state index is -0.0833. The van der Waals surface area contributed by atoms with Crippen LogP contribution in [0.4, 0.5) is 0 Å². The molecule has 3 heteroatoms. The number of allylic oxidation sites excluding steroid dienone is 2. The van der Waals surface area contributed by atoms with Gasteiger partial charge in [0.25, 0.3) is 0 Å². The zero-order valence-corrected chi connectivity index (χ0v) is 5.11. The second-order valence-electron chi connectivity index (χ2n) is 1.65. The normalized spacial score (nSPS) is 10.6. The summed E-state index contributed by atoms with van der Waals surface area (Å²) in [6.07, 6.45) is 7.50. The summed E-state index contributed by atoms with van der Waals surface area (Å²) in [6.45, 7) is 4.42. The van der Waals surface area contributed by atoms with Crippen molar-refractivity contribution in [1.29, 1.82) is 0 Å². The van der Waals surface area contributed by atoms with Gasteiger partial charge in [-0.05, 0) is 25.8 Å². The van der Waals surface area contributed by atoms with Crippen molar-refractivity contribution >= 4 is 43.5 Å². The summed E-state index contributed by atoms with van der Waals surface area (Å²) in [5, 5.41) is 0. The van der Waals surface area contributed by atoms with Crippen LogP contribution in [0.3, 0.4) is 0 Å². The summed E-state index contributed by atoms with van der Waals surface area (Å²) in [5.41, 5.74) is 0. The van der Waals surface area contributed by atoms with E-state index in [9.17, 15) is 4.79 Å². The maximum absolute atomic E-state index is 9.33. The Labute approximate surface area is 87.0 Å². The molecule has 0 heterocycles. The summed E-state index contributed by atoms with van der Waals surface area (Å²) >= 11 is 0. The van der Waals surface area contributed by atoms with E-state index in [2.05, 4.69) is 19.1 Å². The number of rotatable bonds is 0. The van der Waals surface area contributed by atoms with Gasteiger partial charge in [-0.15, -0.1) is 0 Å². The van der Waals surface area contributed by atoms with Crippen LogP contribution in [-0.2, 0) is 4.79 Å². The fourth-order valence-electron chi connectivity index (χ4n) is 0.144. The van der Waals surface area contributed by atoms with Crippen molar-refractivity contribution in [3.8, 4) is 0 Å². The topological polar surface area (TPSA) is 17.1 Å². The van der Waals surface area contributed by atoms with Crippen LogP contribution >= 0.6 is 0 Å². The predicted molar refractivity (Wildman–Crippen MR) is 47.4 cm³/mol. The number of carbonyl (C=O) groups is 1. The summed E-state index contributed by atoms with van der Waals surface area (Å²) in [7, 11) is 0. The van der Waals surface area contributed by atoms with Gasteiger partial charge in [0.15, 0.2) is 0 Å². The van der Waals surface area contributed by atoms with E-state index in [-0.39, 0.29) is 43.5 Å². The Morgan fingerprint density at radius 1 is 1.60 bits per heavy atom. The summed E-state index contributed by atoms with van der Waals surface area (Å²) < 4.78 is 0. The Balaban J connectivity index is -0.0000000817. The predicted octanol–water partition coefficient (Wildman–Crippen LogP) is 0.252. The van der Waals surface area contributed by atoms with Crippen molar-refractivity contribution in [2.45, 2.75) is 19.8 Å². The molecule has 0 N–H and O–H groups in total. The van der Waals surface area contributed by atoms with E-state index < -0.39 is 0 Å². The molecule has 0 spiro atoms. The molecule has 10 heavy (non-hydrogen) atoms. The van der Waals surface area contributed by atoms with E-state index in [0.29, 0.717) is 0 Å². The van der Waals surface area contributed by atoms with Crippen LogP contribution in [0.5, 0.6) is 0 Å². The van der Waals surface area contributed by atoms with Gasteiger partial charge in [-0.3, -0.25) is 0 Å². The number of hydrogen-bond acceptors (Lipinski definition) is 1. The van der Waals surface area contributed by atoms with E-state index in [0.717, 1.165) is 0 Å². The fraction of sp³-hybridized carbons (Fsp3) is 0.429. The van der Waals surface area contributed by atoms with Crippen molar-refractivity contribution in [2.75, 3.05) is 0 Å². The molecule has 1 rings (SSSR count). The molecule has 48 valence electrons. The molecule has 1 aliphatic carbocycles. The molecule has 1 nitrogen and oxygen atoms in total. The van der Waals surface area contributed by atoms with Crippen LogP contribution in [0, 0.1) is 13.0 Å². The fourth-order valence-corrected chi connectivity index (χ4v) is 0.144. The molecule has 0 saturated heterocycles. The quantitative estimate of drug-likeness (QED) is 0.425. The van der Waals surface area contributed by atoms with Gasteiger partial charge in [-0.2, -0.15) is 0 Å². The molecular weight excluding hydrogens is 114 g/mol. The van der Waals surface area contributed by atoms with E-state index in [4.69, 9.17) is 0 Å². The second-order valence-corrected chi connectivity index (χ2v) is 1.65. The van der Waals surface area contributed by atoms with Crippen LogP contribution in [0.1, 0.15) is 19.8 Å². The summed E-state index contributed by atoms with van der Waals surface area (Å²) in [4.78, 5) is 9.33. The first-order valence-electron chi connectivity index (χ1n) is 2.61. The standard InChI is InChI=1S/C4H5.C3H5O.2Li.2H/c1-2-4-3-1;1-3(2)4;;;;/h1H,2,4H2;1H2,2H3;;;;. The van der Waals surface area contributed by atoms with Crippen LogP contribution in [0.15, 0.2) is 6.08 Å². The second kappa shape index (κ2) is 12.3. The van der Waals surface area contributed by atoms with Crippen molar-refractivity contribution in [2.24, 2.45) is 0 Å². The average molecular weight is 126 g/mol. The number of ketones is 1. The third-order valence-corrected chi connectivity index (χ3v) is 0.577. The SMILES string of the molecule is [CH2]C(C)=O.[C]1=CCC1.[LiH].[LiH]. The molecule has 0 aromatic carbocycles. The van der Waals surface area contributed by atoms with Gasteiger partial charge in [0.1, 0.15) is 5.78 Å². The van der Waals surface area contributed by atoms with Gasteiger partial charge < -0.3 is 4.79 Å². The van der Waals surface area contributed by atoms with Gasteiger partial charge in [0.05, 0.1) is 0 Å². The third kappa shape index (κ3) is 23.5. The van der Waals surface area contributed by atoms with Crippen LogP contribution in [0.2, 0.25) is 0 Å². The van der Waals surface area contributed by atoms with Crippen LogP contribution in [0.25, 0.3) is 0 Å². The van der Waals surface area contributed by atoms with Gasteiger partial charge in [-0.1, -0.05) is 6.08 Å². The number of Topliss-reactive ketones (excluding diaryl/α,β-unsaturated/α-hetero) is 1. The molecule has 0 aromatic rings. The Bertz CT molecular complexity index is 89.8. The van der Waals surface area contributed by atoms with Crippen LogP contribution in [-0.4, -0.2) is 43.5 Å². The number of carbonyl (C=O) groups excluding carboxylic acids is 1. The molecule has 1 aliphatic rings. The first-order valence-corrected chi connectivity index (χ1v) is 2.61. The van der Waals surface area contributed by atoms with Crippen molar-refractivity contribution in [3.05, 3.63) is 19.1 Å². The summed E-state index contributed by atoms with van der Waals surface area (Å²) in [5.74, 6) is -0.0833. The Morgan fingerprint density at radius 2 is 1.70 bits per heavy atom. The molecule has 2 radical (unpaired) electrons. The zero-order chi connectivity index (χ0) is 6.41. The van der Waals surface area contributed by atoms with Crippen molar-refractivity contribution in [3.63, 3.8) is 0 Å². The third-order valence-electron chi connectivity index (χ3n) is 0.577. The Hall–Kier alpha value is 0.605. The molecular formula is C7H12Li2O. The van der Waals surface area contributed by atoms with E-state index >= 15 is 0 Å². The molecule has 0 bridgehead atoms. The molecule has 0 aromatic heterocycles. The van der Waals surface area contributed by atoms with Crippen molar-refractivity contribution in [1.82, 2.24) is 0 Å². The monoisotopic (exact) mass is 126 g/mol. The average Bonchev–Trinajstić information content (AvgIpc) is 1.19. The number of hydrogen-bond donors (Lipinski definition) is 0. The van der Waals surface area contributed by atoms with E-state index in [1.165, 1.54) is 19.8 Å². The van der Waals surface area contributed by atoms with Gasteiger partial charge in [-0.25, -0.2) is 0 Å². The molecule has 0 atom stereocenters. The first-order chi connectivity index (χ1) is 3.73. The minimum absolute atomic E-state index is 0. The molecule has 0 fully saturated rings. The zero-order valence-electron chi connectivity index (χ0n) is 5.11. The van der Waals surface area contributed by atoms with Crippen molar-refractivity contribution < 1.29 is 4.79 Å². The maximum atomic E-state index is 9.33. The molecule has 0 aliphatic heterocycles. The summed E-state index contributed by atoms with van der Waals surface area (Å²) in [6, 6.07) is 0. The molecule has 0 amide bonds. The van der Waals surface area contributed by atoms with Gasteiger partial charge in [0.2, 0.25) is 0 Å². The molecule has 0 unspecified atom stereocenters. The first kappa shape index (κ1) is 16.9. The van der Waals surface area contributed by atoms with Crippen LogP contribution < -0.4 is 0 Å².